The number of allylic oxidation sites excluding steroid dienone is 4. The lowest BCUT2D eigenvalue weighted by Gasteiger charge is -2.18. The third-order valence-corrected chi connectivity index (χ3v) is 5.29. The van der Waals surface area contributed by atoms with Crippen molar-refractivity contribution in [1.29, 1.82) is 0 Å². The maximum Gasteiger partial charge on any atom is 0.0558 e. The third-order valence-electron chi connectivity index (χ3n) is 5.29. The van der Waals surface area contributed by atoms with E-state index in [1.165, 1.54) is 33.3 Å². The molecule has 4 aromatic rings. The van der Waals surface area contributed by atoms with Gasteiger partial charge in [0, 0.05) is 22.2 Å². The Morgan fingerprint density at radius 1 is 0.692 bits per heavy atom. The van der Waals surface area contributed by atoms with Crippen molar-refractivity contribution in [2.24, 2.45) is 0 Å². The highest BCUT2D eigenvalue weighted by Gasteiger charge is 2.17. The molecule has 0 atom stereocenters. The second-order valence-corrected chi connectivity index (χ2v) is 6.81. The van der Waals surface area contributed by atoms with Gasteiger partial charge in [-0.05, 0) is 48.3 Å². The van der Waals surface area contributed by atoms with E-state index in [0.29, 0.717) is 0 Å². The van der Waals surface area contributed by atoms with Crippen LogP contribution in [0.3, 0.4) is 0 Å². The molecule has 2 nitrogen and oxygen atoms in total. The average molecular weight is 336 g/mol. The number of anilines is 1. The van der Waals surface area contributed by atoms with E-state index < -0.39 is 0 Å². The molecule has 5 rings (SSSR count). The number of hydrogen-bond acceptors (Lipinski definition) is 1. The van der Waals surface area contributed by atoms with Crippen molar-refractivity contribution in [3.8, 4) is 0 Å². The van der Waals surface area contributed by atoms with Crippen LogP contribution in [-0.2, 0) is 0 Å². The quantitative estimate of drug-likeness (QED) is 0.441. The number of nitrogens with two attached hydrogens (primary N) is 1. The maximum absolute atomic E-state index is 6.32. The summed E-state index contributed by atoms with van der Waals surface area (Å²) >= 11 is 0. The third kappa shape index (κ3) is 2.26. The first-order valence-electron chi connectivity index (χ1n) is 9.06. The van der Waals surface area contributed by atoms with Crippen LogP contribution >= 0.6 is 0 Å². The van der Waals surface area contributed by atoms with Crippen LogP contribution in [0.15, 0.2) is 84.9 Å². The number of fused-ring (bicyclic) bond motifs is 3. The number of hydrogen-bond donors (Lipinski definition) is 1. The molecule has 0 fully saturated rings. The number of nitrogens with zero attached hydrogens (tertiary/aromatic N) is 1. The first-order valence-corrected chi connectivity index (χ1v) is 9.06. The minimum Gasteiger partial charge on any atom is -0.398 e. The van der Waals surface area contributed by atoms with Crippen LogP contribution in [-0.4, -0.2) is 4.57 Å². The molecular weight excluding hydrogens is 316 g/mol. The standard InChI is InChI=1S/C24H20N2/c25-21-10-6-12-23-24(21)20-9-4-5-11-22(20)26(23)19-15-13-18(14-16-19)17-7-2-1-3-8-17/h1-13,15H,14,16,25H2. The van der Waals surface area contributed by atoms with Gasteiger partial charge in [-0.1, -0.05) is 60.7 Å². The fourth-order valence-electron chi connectivity index (χ4n) is 4.06. The Balaban J connectivity index is 1.71. The molecule has 0 aliphatic heterocycles. The molecule has 1 aliphatic rings. The Bertz CT molecular complexity index is 1180. The summed E-state index contributed by atoms with van der Waals surface area (Å²) in [5, 5.41) is 2.38. The van der Waals surface area contributed by atoms with Gasteiger partial charge in [0.05, 0.1) is 11.0 Å². The Morgan fingerprint density at radius 3 is 2.27 bits per heavy atom. The minimum atomic E-state index is 0.842. The second kappa shape index (κ2) is 5.92. The smallest absolute Gasteiger partial charge is 0.0558 e. The van der Waals surface area contributed by atoms with Crippen molar-refractivity contribution >= 4 is 38.8 Å². The number of para-hydroxylation sites is 1. The summed E-state index contributed by atoms with van der Waals surface area (Å²) in [6.07, 6.45) is 6.59. The highest BCUT2D eigenvalue weighted by Crippen LogP contribution is 2.38. The molecule has 26 heavy (non-hydrogen) atoms. The van der Waals surface area contributed by atoms with Crippen molar-refractivity contribution in [3.63, 3.8) is 0 Å². The molecule has 0 saturated heterocycles. The van der Waals surface area contributed by atoms with Crippen LogP contribution in [0.2, 0.25) is 0 Å². The number of rotatable bonds is 2. The largest absolute Gasteiger partial charge is 0.398 e. The van der Waals surface area contributed by atoms with Crippen molar-refractivity contribution in [3.05, 3.63) is 90.5 Å². The molecular formula is C24H20N2. The maximum atomic E-state index is 6.32. The van der Waals surface area contributed by atoms with E-state index in [4.69, 9.17) is 5.73 Å². The topological polar surface area (TPSA) is 30.9 Å². The molecule has 0 amide bonds. The summed E-state index contributed by atoms with van der Waals surface area (Å²) < 4.78 is 2.37. The van der Waals surface area contributed by atoms with Gasteiger partial charge in [-0.3, -0.25) is 0 Å². The van der Waals surface area contributed by atoms with Gasteiger partial charge in [-0.15, -0.1) is 0 Å². The van der Waals surface area contributed by atoms with Gasteiger partial charge in [0.15, 0.2) is 0 Å². The average Bonchev–Trinajstić information content (AvgIpc) is 3.04. The molecule has 1 aromatic heterocycles. The van der Waals surface area contributed by atoms with Crippen molar-refractivity contribution in [1.82, 2.24) is 4.57 Å². The number of aromatic nitrogens is 1. The second-order valence-electron chi connectivity index (χ2n) is 6.81. The number of benzene rings is 3. The van der Waals surface area contributed by atoms with Gasteiger partial charge in [-0.25, -0.2) is 0 Å². The van der Waals surface area contributed by atoms with E-state index in [1.54, 1.807) is 0 Å². The molecule has 126 valence electrons. The Hall–Kier alpha value is -3.26. The summed E-state index contributed by atoms with van der Waals surface area (Å²) in [4.78, 5) is 0. The van der Waals surface area contributed by atoms with E-state index in [1.807, 2.05) is 12.1 Å². The van der Waals surface area contributed by atoms with Gasteiger partial charge in [0.1, 0.15) is 0 Å². The number of nitrogen functional groups attached to an aromatic ring is 1. The van der Waals surface area contributed by atoms with Crippen LogP contribution in [0.4, 0.5) is 5.69 Å². The van der Waals surface area contributed by atoms with Crippen LogP contribution in [0.5, 0.6) is 0 Å². The minimum absolute atomic E-state index is 0.842. The fraction of sp³-hybridized carbons (Fsp3) is 0.0833. The molecule has 0 saturated carbocycles. The predicted molar refractivity (Wildman–Crippen MR) is 112 cm³/mol. The molecule has 0 unspecified atom stereocenters. The SMILES string of the molecule is Nc1cccc2c1c1ccccc1n2C1=CC=C(c2ccccc2)CC1. The van der Waals surface area contributed by atoms with Crippen LogP contribution in [0.1, 0.15) is 18.4 Å². The van der Waals surface area contributed by atoms with E-state index >= 15 is 0 Å². The summed E-state index contributed by atoms with van der Waals surface area (Å²) in [6.45, 7) is 0. The molecule has 0 spiro atoms. The highest BCUT2D eigenvalue weighted by molar-refractivity contribution is 6.15. The summed E-state index contributed by atoms with van der Waals surface area (Å²) in [6, 6.07) is 25.4. The fourth-order valence-corrected chi connectivity index (χ4v) is 4.06. The monoisotopic (exact) mass is 336 g/mol. The van der Waals surface area contributed by atoms with E-state index in [9.17, 15) is 0 Å². The van der Waals surface area contributed by atoms with Gasteiger partial charge in [-0.2, -0.15) is 0 Å². The van der Waals surface area contributed by atoms with Gasteiger partial charge in [0.2, 0.25) is 0 Å². The molecule has 3 aromatic carbocycles. The van der Waals surface area contributed by atoms with E-state index in [-0.39, 0.29) is 0 Å². The van der Waals surface area contributed by atoms with Crippen LogP contribution in [0, 0.1) is 0 Å². The summed E-state index contributed by atoms with van der Waals surface area (Å²) in [5.74, 6) is 0. The zero-order valence-corrected chi connectivity index (χ0v) is 14.5. The van der Waals surface area contributed by atoms with E-state index in [2.05, 4.69) is 77.4 Å². The Morgan fingerprint density at radius 2 is 1.46 bits per heavy atom. The zero-order valence-electron chi connectivity index (χ0n) is 14.5. The normalized spacial score (nSPS) is 14.5. The Kier molecular flexibility index (Phi) is 3.42. The molecule has 0 bridgehead atoms. The predicted octanol–water partition coefficient (Wildman–Crippen LogP) is 6.10. The van der Waals surface area contributed by atoms with Gasteiger partial charge in [0.25, 0.3) is 0 Å². The van der Waals surface area contributed by atoms with Crippen molar-refractivity contribution < 1.29 is 0 Å². The van der Waals surface area contributed by atoms with E-state index in [0.717, 1.165) is 23.9 Å². The Labute approximate surface area is 152 Å². The lowest BCUT2D eigenvalue weighted by Crippen LogP contribution is -2.01. The first-order chi connectivity index (χ1) is 12.8. The van der Waals surface area contributed by atoms with Crippen molar-refractivity contribution in [2.75, 3.05) is 5.73 Å². The zero-order chi connectivity index (χ0) is 17.5. The lowest BCUT2D eigenvalue weighted by atomic mass is 9.96. The molecule has 0 radical (unpaired) electrons. The lowest BCUT2D eigenvalue weighted by molar-refractivity contribution is 0.992. The van der Waals surface area contributed by atoms with Gasteiger partial charge >= 0.3 is 0 Å². The van der Waals surface area contributed by atoms with Crippen molar-refractivity contribution in [2.45, 2.75) is 12.8 Å². The van der Waals surface area contributed by atoms with Crippen LogP contribution in [0.25, 0.3) is 33.1 Å². The van der Waals surface area contributed by atoms with Gasteiger partial charge < -0.3 is 10.3 Å². The summed E-state index contributed by atoms with van der Waals surface area (Å²) in [7, 11) is 0. The molecule has 2 heteroatoms. The first kappa shape index (κ1) is 15.0. The van der Waals surface area contributed by atoms with Crippen LogP contribution < -0.4 is 5.73 Å². The highest BCUT2D eigenvalue weighted by atomic mass is 15.0. The summed E-state index contributed by atoms with van der Waals surface area (Å²) in [5.41, 5.74) is 13.6. The molecule has 1 aliphatic carbocycles. The molecule has 1 heterocycles. The molecule has 2 N–H and O–H groups in total.